The van der Waals surface area contributed by atoms with Gasteiger partial charge in [0.2, 0.25) is 5.89 Å². The molecule has 0 aromatic carbocycles. The molecule has 17 heavy (non-hydrogen) atoms. The molecule has 4 unspecified atom stereocenters. The van der Waals surface area contributed by atoms with E-state index in [0.717, 1.165) is 31.0 Å². The minimum absolute atomic E-state index is 0.326. The van der Waals surface area contributed by atoms with E-state index in [1.807, 2.05) is 7.05 Å². The SMILES string of the molecule is CNC(C)Cc1nc(C2CC3CCC2O3)no1. The summed E-state index contributed by atoms with van der Waals surface area (Å²) in [6.45, 7) is 2.10. The summed E-state index contributed by atoms with van der Waals surface area (Å²) < 4.78 is 11.1. The van der Waals surface area contributed by atoms with E-state index in [-0.39, 0.29) is 0 Å². The predicted molar refractivity (Wildman–Crippen MR) is 61.8 cm³/mol. The van der Waals surface area contributed by atoms with Crippen LogP contribution in [0.1, 0.15) is 43.8 Å². The molecular weight excluding hydrogens is 218 g/mol. The molecule has 1 aromatic rings. The van der Waals surface area contributed by atoms with Gasteiger partial charge in [-0.05, 0) is 33.2 Å². The van der Waals surface area contributed by atoms with Crippen molar-refractivity contribution < 1.29 is 9.26 Å². The lowest BCUT2D eigenvalue weighted by atomic mass is 9.89. The number of rotatable bonds is 4. The summed E-state index contributed by atoms with van der Waals surface area (Å²) in [5.41, 5.74) is 0. The van der Waals surface area contributed by atoms with Gasteiger partial charge < -0.3 is 14.6 Å². The summed E-state index contributed by atoms with van der Waals surface area (Å²) >= 11 is 0. The molecule has 1 N–H and O–H groups in total. The van der Waals surface area contributed by atoms with Gasteiger partial charge in [-0.1, -0.05) is 5.16 Å². The lowest BCUT2D eigenvalue weighted by Crippen LogP contribution is -2.23. The van der Waals surface area contributed by atoms with Crippen molar-refractivity contribution >= 4 is 0 Å². The average molecular weight is 237 g/mol. The van der Waals surface area contributed by atoms with Gasteiger partial charge in [-0.3, -0.25) is 0 Å². The second-order valence-corrected chi connectivity index (χ2v) is 5.16. The number of hydrogen-bond acceptors (Lipinski definition) is 5. The van der Waals surface area contributed by atoms with Crippen LogP contribution in [0, 0.1) is 0 Å². The number of nitrogens with one attached hydrogen (secondary N) is 1. The molecule has 0 amide bonds. The predicted octanol–water partition coefficient (Wildman–Crippen LogP) is 1.25. The van der Waals surface area contributed by atoms with Crippen LogP contribution in [0.2, 0.25) is 0 Å². The topological polar surface area (TPSA) is 60.2 Å². The van der Waals surface area contributed by atoms with Crippen molar-refractivity contribution in [3.05, 3.63) is 11.7 Å². The Bertz CT molecular complexity index is 393. The summed E-state index contributed by atoms with van der Waals surface area (Å²) in [7, 11) is 1.94. The molecule has 2 saturated heterocycles. The molecule has 4 atom stereocenters. The van der Waals surface area contributed by atoms with E-state index in [1.54, 1.807) is 0 Å². The maximum absolute atomic E-state index is 5.82. The number of ether oxygens (including phenoxy) is 1. The van der Waals surface area contributed by atoms with Crippen LogP contribution >= 0.6 is 0 Å². The van der Waals surface area contributed by atoms with Crippen LogP contribution in [0.3, 0.4) is 0 Å². The van der Waals surface area contributed by atoms with Crippen molar-refractivity contribution in [1.29, 1.82) is 0 Å². The molecule has 0 aliphatic carbocycles. The summed E-state index contributed by atoms with van der Waals surface area (Å²) in [5, 5.41) is 7.28. The minimum Gasteiger partial charge on any atom is -0.374 e. The summed E-state index contributed by atoms with van der Waals surface area (Å²) in [6, 6.07) is 0.361. The van der Waals surface area contributed by atoms with E-state index in [9.17, 15) is 0 Å². The first kappa shape index (κ1) is 11.2. The van der Waals surface area contributed by atoms with Gasteiger partial charge >= 0.3 is 0 Å². The number of fused-ring (bicyclic) bond motifs is 2. The largest absolute Gasteiger partial charge is 0.374 e. The molecule has 5 heteroatoms. The lowest BCUT2D eigenvalue weighted by molar-refractivity contribution is 0.0996. The summed E-state index contributed by atoms with van der Waals surface area (Å²) in [5.74, 6) is 1.93. The van der Waals surface area contributed by atoms with E-state index >= 15 is 0 Å². The normalized spacial score (nSPS) is 33.2. The molecule has 3 rings (SSSR count). The van der Waals surface area contributed by atoms with Gasteiger partial charge in [-0.15, -0.1) is 0 Å². The Hall–Kier alpha value is -0.940. The standard InChI is InChI=1S/C12H19N3O2/c1-7(13-2)5-11-14-12(15-17-11)9-6-8-3-4-10(9)16-8/h7-10,13H,3-6H2,1-2H3. The zero-order valence-electron chi connectivity index (χ0n) is 10.3. The third-order valence-electron chi connectivity index (χ3n) is 3.90. The van der Waals surface area contributed by atoms with Crippen LogP contribution in [0.15, 0.2) is 4.52 Å². The van der Waals surface area contributed by atoms with E-state index in [2.05, 4.69) is 22.4 Å². The van der Waals surface area contributed by atoms with Crippen LogP contribution in [0.25, 0.3) is 0 Å². The highest BCUT2D eigenvalue weighted by Gasteiger charge is 2.43. The van der Waals surface area contributed by atoms with Crippen molar-refractivity contribution in [3.63, 3.8) is 0 Å². The minimum atomic E-state index is 0.326. The highest BCUT2D eigenvalue weighted by atomic mass is 16.5. The molecule has 0 saturated carbocycles. The van der Waals surface area contributed by atoms with Crippen molar-refractivity contribution in [3.8, 4) is 0 Å². The van der Waals surface area contributed by atoms with Gasteiger partial charge in [0, 0.05) is 12.5 Å². The average Bonchev–Trinajstić information content (AvgIpc) is 3.03. The number of hydrogen-bond donors (Lipinski definition) is 1. The molecule has 1 aromatic heterocycles. The van der Waals surface area contributed by atoms with Crippen LogP contribution < -0.4 is 5.32 Å². The van der Waals surface area contributed by atoms with Gasteiger partial charge in [0.25, 0.3) is 0 Å². The van der Waals surface area contributed by atoms with Gasteiger partial charge in [-0.25, -0.2) is 0 Å². The number of likely N-dealkylation sites (N-methyl/N-ethyl adjacent to an activating group) is 1. The second kappa shape index (κ2) is 4.38. The monoisotopic (exact) mass is 237 g/mol. The van der Waals surface area contributed by atoms with Crippen molar-refractivity contribution in [2.24, 2.45) is 0 Å². The Balaban J connectivity index is 1.68. The Morgan fingerprint density at radius 2 is 2.35 bits per heavy atom. The van der Waals surface area contributed by atoms with E-state index in [4.69, 9.17) is 9.26 Å². The fourth-order valence-corrected chi connectivity index (χ4v) is 2.78. The lowest BCUT2D eigenvalue weighted by Gasteiger charge is -2.13. The van der Waals surface area contributed by atoms with Gasteiger partial charge in [0.15, 0.2) is 5.82 Å². The molecule has 0 radical (unpaired) electrons. The van der Waals surface area contributed by atoms with Crippen molar-refractivity contribution in [1.82, 2.24) is 15.5 Å². The summed E-state index contributed by atoms with van der Waals surface area (Å²) in [6.07, 6.45) is 4.95. The van der Waals surface area contributed by atoms with Gasteiger partial charge in [0.05, 0.1) is 18.1 Å². The van der Waals surface area contributed by atoms with E-state index < -0.39 is 0 Å². The van der Waals surface area contributed by atoms with Gasteiger partial charge in [0.1, 0.15) is 0 Å². The Morgan fingerprint density at radius 3 is 3.00 bits per heavy atom. The molecule has 2 bridgehead atoms. The molecule has 0 spiro atoms. The molecule has 2 fully saturated rings. The first-order valence-electron chi connectivity index (χ1n) is 6.41. The molecule has 3 heterocycles. The third kappa shape index (κ3) is 2.09. The van der Waals surface area contributed by atoms with Crippen LogP contribution in [0.4, 0.5) is 0 Å². The Morgan fingerprint density at radius 1 is 1.47 bits per heavy atom. The fourth-order valence-electron chi connectivity index (χ4n) is 2.78. The maximum Gasteiger partial charge on any atom is 0.228 e. The Kier molecular flexibility index (Phi) is 2.88. The maximum atomic E-state index is 5.82. The van der Waals surface area contributed by atoms with E-state index in [0.29, 0.717) is 24.2 Å². The number of aromatic nitrogens is 2. The zero-order chi connectivity index (χ0) is 11.8. The fraction of sp³-hybridized carbons (Fsp3) is 0.833. The zero-order valence-corrected chi connectivity index (χ0v) is 10.3. The quantitative estimate of drug-likeness (QED) is 0.854. The first-order valence-corrected chi connectivity index (χ1v) is 6.41. The second-order valence-electron chi connectivity index (χ2n) is 5.16. The smallest absolute Gasteiger partial charge is 0.228 e. The molecule has 2 aliphatic rings. The van der Waals surface area contributed by atoms with Crippen LogP contribution in [-0.2, 0) is 11.2 Å². The summed E-state index contributed by atoms with van der Waals surface area (Å²) in [4.78, 5) is 4.50. The van der Waals surface area contributed by atoms with Gasteiger partial charge in [-0.2, -0.15) is 4.98 Å². The molecule has 94 valence electrons. The highest BCUT2D eigenvalue weighted by Crippen LogP contribution is 2.43. The van der Waals surface area contributed by atoms with E-state index in [1.165, 1.54) is 6.42 Å². The highest BCUT2D eigenvalue weighted by molar-refractivity contribution is 5.07. The van der Waals surface area contributed by atoms with Crippen molar-refractivity contribution in [2.75, 3.05) is 7.05 Å². The third-order valence-corrected chi connectivity index (χ3v) is 3.90. The Labute approximate surface area is 101 Å². The van der Waals surface area contributed by atoms with Crippen molar-refractivity contribution in [2.45, 2.75) is 56.8 Å². The van der Waals surface area contributed by atoms with Crippen LogP contribution in [-0.4, -0.2) is 35.4 Å². The first-order chi connectivity index (χ1) is 8.26. The molecule has 2 aliphatic heterocycles. The van der Waals surface area contributed by atoms with Crippen LogP contribution in [0.5, 0.6) is 0 Å². The molecular formula is C12H19N3O2. The molecule has 5 nitrogen and oxygen atoms in total. The number of nitrogens with zero attached hydrogens (tertiary/aromatic N) is 2.